The third kappa shape index (κ3) is 4.49. The number of benzene rings is 2. The molecule has 1 amide bonds. The lowest BCUT2D eigenvalue weighted by Crippen LogP contribution is -2.17. The van der Waals surface area contributed by atoms with Gasteiger partial charge in [-0.1, -0.05) is 17.7 Å². The fourth-order valence-electron chi connectivity index (χ4n) is 2.18. The highest BCUT2D eigenvalue weighted by Gasteiger charge is 2.16. The smallest absolute Gasteiger partial charge is 0.411 e. The number of carbonyl (C=O) groups is 2. The van der Waals surface area contributed by atoms with E-state index in [-0.39, 0.29) is 12.4 Å². The Morgan fingerprint density at radius 1 is 1.12 bits per heavy atom. The predicted molar refractivity (Wildman–Crippen MR) is 93.0 cm³/mol. The summed E-state index contributed by atoms with van der Waals surface area (Å²) in [6, 6.07) is 9.93. The Balaban J connectivity index is 2.29. The fourth-order valence-corrected chi connectivity index (χ4v) is 2.31. The molecule has 2 aromatic rings. The summed E-state index contributed by atoms with van der Waals surface area (Å²) in [5, 5.41) is 3.14. The van der Waals surface area contributed by atoms with Gasteiger partial charge in [0.1, 0.15) is 0 Å². The Bertz CT molecular complexity index is 756. The molecule has 2 aromatic carbocycles. The monoisotopic (exact) mass is 347 g/mol. The van der Waals surface area contributed by atoms with Crippen LogP contribution in [-0.2, 0) is 4.74 Å². The Morgan fingerprint density at radius 2 is 1.79 bits per heavy atom. The molecule has 0 fully saturated rings. The molecule has 1 N–H and O–H groups in total. The summed E-state index contributed by atoms with van der Waals surface area (Å²) >= 11 is 5.82. The topological polar surface area (TPSA) is 64.6 Å². The van der Waals surface area contributed by atoms with Crippen LogP contribution in [0.25, 0.3) is 0 Å². The largest absolute Gasteiger partial charge is 0.450 e. The van der Waals surface area contributed by atoms with E-state index in [1.807, 2.05) is 19.9 Å². The van der Waals surface area contributed by atoms with Crippen LogP contribution in [0.2, 0.25) is 5.02 Å². The lowest BCUT2D eigenvalue weighted by molar-refractivity contribution is 0.0735. The number of carbonyl (C=O) groups excluding carboxylic acids is 2. The number of esters is 1. The maximum absolute atomic E-state index is 12.3. The van der Waals surface area contributed by atoms with Crippen LogP contribution < -0.4 is 10.1 Å². The lowest BCUT2D eigenvalue weighted by Gasteiger charge is -2.15. The standard InChI is InChI=1S/C18H18ClNO4/c1-4-23-18(22)20-16-12(3)9-11(2)10-15(16)24-17(21)13-5-7-14(19)8-6-13/h5-10H,4H2,1-3H3,(H,20,22). The van der Waals surface area contributed by atoms with E-state index in [2.05, 4.69) is 5.32 Å². The summed E-state index contributed by atoms with van der Waals surface area (Å²) in [6.07, 6.45) is -0.603. The van der Waals surface area contributed by atoms with E-state index in [1.165, 1.54) is 0 Å². The summed E-state index contributed by atoms with van der Waals surface area (Å²) in [5.74, 6) is -0.274. The number of rotatable bonds is 4. The molecule has 126 valence electrons. The highest BCUT2D eigenvalue weighted by atomic mass is 35.5. The first-order valence-corrected chi connectivity index (χ1v) is 7.81. The van der Waals surface area contributed by atoms with Gasteiger partial charge in [-0.2, -0.15) is 0 Å². The Kier molecular flexibility index (Phi) is 5.82. The van der Waals surface area contributed by atoms with Crippen molar-refractivity contribution < 1.29 is 19.1 Å². The summed E-state index contributed by atoms with van der Waals surface area (Å²) in [7, 11) is 0. The van der Waals surface area contributed by atoms with E-state index < -0.39 is 12.1 Å². The number of ether oxygens (including phenoxy) is 2. The molecule has 5 nitrogen and oxygen atoms in total. The first kappa shape index (κ1) is 17.8. The van der Waals surface area contributed by atoms with Crippen molar-refractivity contribution in [2.45, 2.75) is 20.8 Å². The molecule has 0 aliphatic carbocycles. The molecule has 0 heterocycles. The van der Waals surface area contributed by atoms with Crippen molar-refractivity contribution in [2.24, 2.45) is 0 Å². The van der Waals surface area contributed by atoms with Crippen LogP contribution in [0.3, 0.4) is 0 Å². The lowest BCUT2D eigenvalue weighted by atomic mass is 10.1. The maximum Gasteiger partial charge on any atom is 0.411 e. The molecule has 2 rings (SSSR count). The Hall–Kier alpha value is -2.53. The second-order valence-electron chi connectivity index (χ2n) is 5.20. The number of halogens is 1. The zero-order chi connectivity index (χ0) is 17.7. The first-order chi connectivity index (χ1) is 11.4. The molecule has 0 radical (unpaired) electrons. The van der Waals surface area contributed by atoms with Crippen molar-refractivity contribution in [3.63, 3.8) is 0 Å². The second kappa shape index (κ2) is 7.84. The molecule has 0 atom stereocenters. The molecule has 0 saturated carbocycles. The Labute approximate surface area is 145 Å². The molecular formula is C18H18ClNO4. The van der Waals surface area contributed by atoms with Gasteiger partial charge in [-0.15, -0.1) is 0 Å². The minimum absolute atomic E-state index is 0.247. The molecule has 0 bridgehead atoms. The minimum Gasteiger partial charge on any atom is -0.450 e. The number of hydrogen-bond donors (Lipinski definition) is 1. The van der Waals surface area contributed by atoms with E-state index in [0.29, 0.717) is 16.3 Å². The van der Waals surface area contributed by atoms with Crippen LogP contribution in [0.5, 0.6) is 5.75 Å². The van der Waals surface area contributed by atoms with Crippen LogP contribution in [-0.4, -0.2) is 18.7 Å². The van der Waals surface area contributed by atoms with Crippen molar-refractivity contribution in [1.82, 2.24) is 0 Å². The van der Waals surface area contributed by atoms with Crippen molar-refractivity contribution >= 4 is 29.4 Å². The van der Waals surface area contributed by atoms with Gasteiger partial charge in [-0.3, -0.25) is 5.32 Å². The molecule has 0 aliphatic rings. The average Bonchev–Trinajstić information content (AvgIpc) is 2.51. The highest BCUT2D eigenvalue weighted by molar-refractivity contribution is 6.30. The van der Waals surface area contributed by atoms with E-state index in [1.54, 1.807) is 37.3 Å². The summed E-state index contributed by atoms with van der Waals surface area (Å²) < 4.78 is 10.3. The van der Waals surface area contributed by atoms with E-state index in [4.69, 9.17) is 21.1 Å². The van der Waals surface area contributed by atoms with Crippen LogP contribution in [0, 0.1) is 13.8 Å². The summed E-state index contributed by atoms with van der Waals surface area (Å²) in [5.41, 5.74) is 2.43. The molecule has 0 aromatic heterocycles. The SMILES string of the molecule is CCOC(=O)Nc1c(C)cc(C)cc1OC(=O)c1ccc(Cl)cc1. The predicted octanol–water partition coefficient (Wildman–Crippen LogP) is 4.74. The average molecular weight is 348 g/mol. The maximum atomic E-state index is 12.3. The molecule has 0 saturated heterocycles. The van der Waals surface area contributed by atoms with Crippen molar-refractivity contribution in [3.8, 4) is 5.75 Å². The quantitative estimate of drug-likeness (QED) is 0.640. The van der Waals surface area contributed by atoms with E-state index >= 15 is 0 Å². The number of anilines is 1. The molecule has 0 aliphatic heterocycles. The first-order valence-electron chi connectivity index (χ1n) is 7.43. The van der Waals surface area contributed by atoms with E-state index in [0.717, 1.165) is 11.1 Å². The number of aryl methyl sites for hydroxylation is 2. The molecular weight excluding hydrogens is 330 g/mol. The van der Waals surface area contributed by atoms with Crippen molar-refractivity contribution in [3.05, 3.63) is 58.1 Å². The van der Waals surface area contributed by atoms with Gasteiger partial charge < -0.3 is 9.47 Å². The molecule has 0 unspecified atom stereocenters. The van der Waals surface area contributed by atoms with Crippen LogP contribution in [0.15, 0.2) is 36.4 Å². The third-order valence-corrected chi connectivity index (χ3v) is 3.48. The van der Waals surface area contributed by atoms with Gasteiger partial charge in [0.15, 0.2) is 5.75 Å². The minimum atomic E-state index is -0.603. The number of hydrogen-bond acceptors (Lipinski definition) is 4. The normalized spacial score (nSPS) is 10.2. The zero-order valence-electron chi connectivity index (χ0n) is 13.7. The van der Waals surface area contributed by atoms with Gasteiger partial charge in [0.2, 0.25) is 0 Å². The highest BCUT2D eigenvalue weighted by Crippen LogP contribution is 2.31. The second-order valence-corrected chi connectivity index (χ2v) is 5.63. The van der Waals surface area contributed by atoms with Crippen LogP contribution in [0.4, 0.5) is 10.5 Å². The zero-order valence-corrected chi connectivity index (χ0v) is 14.4. The van der Waals surface area contributed by atoms with E-state index in [9.17, 15) is 9.59 Å². The van der Waals surface area contributed by atoms with Gasteiger partial charge in [0, 0.05) is 5.02 Å². The molecule has 0 spiro atoms. The van der Waals surface area contributed by atoms with Crippen LogP contribution in [0.1, 0.15) is 28.4 Å². The number of amides is 1. The summed E-state index contributed by atoms with van der Waals surface area (Å²) in [6.45, 7) is 5.65. The van der Waals surface area contributed by atoms with Gasteiger partial charge in [-0.05, 0) is 62.2 Å². The third-order valence-electron chi connectivity index (χ3n) is 3.23. The van der Waals surface area contributed by atoms with Crippen molar-refractivity contribution in [1.29, 1.82) is 0 Å². The molecule has 24 heavy (non-hydrogen) atoms. The number of nitrogens with one attached hydrogen (secondary N) is 1. The van der Waals surface area contributed by atoms with Crippen LogP contribution >= 0.6 is 11.6 Å². The Morgan fingerprint density at radius 3 is 2.42 bits per heavy atom. The summed E-state index contributed by atoms with van der Waals surface area (Å²) in [4.78, 5) is 24.0. The van der Waals surface area contributed by atoms with Gasteiger partial charge in [0.25, 0.3) is 0 Å². The van der Waals surface area contributed by atoms with Gasteiger partial charge >= 0.3 is 12.1 Å². The van der Waals surface area contributed by atoms with Gasteiger partial charge in [-0.25, -0.2) is 9.59 Å². The van der Waals surface area contributed by atoms with Crippen molar-refractivity contribution in [2.75, 3.05) is 11.9 Å². The fraction of sp³-hybridized carbons (Fsp3) is 0.222. The van der Waals surface area contributed by atoms with Gasteiger partial charge in [0.05, 0.1) is 17.9 Å². The molecule has 6 heteroatoms.